The summed E-state index contributed by atoms with van der Waals surface area (Å²) in [5, 5.41) is 2.74. The van der Waals surface area contributed by atoms with Crippen LogP contribution in [0.4, 0.5) is 5.69 Å². The Morgan fingerprint density at radius 2 is 1.83 bits per heavy atom. The van der Waals surface area contributed by atoms with Gasteiger partial charge in [-0.3, -0.25) is 4.79 Å². The molecule has 0 unspecified atom stereocenters. The first kappa shape index (κ1) is 19.2. The smallest absolute Gasteiger partial charge is 0.244 e. The van der Waals surface area contributed by atoms with Crippen molar-refractivity contribution in [3.05, 3.63) is 23.8 Å². The summed E-state index contributed by atoms with van der Waals surface area (Å²) in [6, 6.07) is 4.99. The van der Waals surface area contributed by atoms with E-state index in [2.05, 4.69) is 5.32 Å². The SMILES string of the molecule is Cc1ccc(NC(=O)C2(N)CC2)cc1S(=O)(=O)N1CCCCC1.Cl. The summed E-state index contributed by atoms with van der Waals surface area (Å²) in [7, 11) is -3.52. The Kier molecular flexibility index (Phi) is 5.59. The van der Waals surface area contributed by atoms with Gasteiger partial charge >= 0.3 is 0 Å². The first-order valence-electron chi connectivity index (χ1n) is 8.04. The molecule has 1 amide bonds. The Bertz CT molecular complexity index is 726. The quantitative estimate of drug-likeness (QED) is 0.844. The average Bonchev–Trinajstić information content (AvgIpc) is 3.29. The number of amides is 1. The molecule has 0 radical (unpaired) electrons. The summed E-state index contributed by atoms with van der Waals surface area (Å²) in [5.41, 5.74) is 6.25. The lowest BCUT2D eigenvalue weighted by molar-refractivity contribution is -0.118. The van der Waals surface area contributed by atoms with Crippen LogP contribution in [0.25, 0.3) is 0 Å². The third kappa shape index (κ3) is 3.74. The normalized spacial score (nSPS) is 20.1. The van der Waals surface area contributed by atoms with Crippen LogP contribution in [0.15, 0.2) is 23.1 Å². The lowest BCUT2D eigenvalue weighted by Crippen LogP contribution is -2.38. The number of aryl methyl sites for hydroxylation is 1. The largest absolute Gasteiger partial charge is 0.324 e. The van der Waals surface area contributed by atoms with Crippen LogP contribution in [0.2, 0.25) is 0 Å². The van der Waals surface area contributed by atoms with Gasteiger partial charge in [0.05, 0.1) is 10.4 Å². The van der Waals surface area contributed by atoms with E-state index in [0.29, 0.717) is 37.2 Å². The summed E-state index contributed by atoms with van der Waals surface area (Å²) < 4.78 is 27.2. The molecule has 6 nitrogen and oxygen atoms in total. The summed E-state index contributed by atoms with van der Waals surface area (Å²) >= 11 is 0. The maximum atomic E-state index is 12.8. The van der Waals surface area contributed by atoms with Crippen LogP contribution < -0.4 is 11.1 Å². The minimum Gasteiger partial charge on any atom is -0.324 e. The highest BCUT2D eigenvalue weighted by Gasteiger charge is 2.46. The average molecular weight is 374 g/mol. The van der Waals surface area contributed by atoms with E-state index in [1.165, 1.54) is 4.31 Å². The molecule has 3 N–H and O–H groups in total. The third-order valence-electron chi connectivity index (χ3n) is 4.62. The molecule has 24 heavy (non-hydrogen) atoms. The number of hydrogen-bond donors (Lipinski definition) is 2. The van der Waals surface area contributed by atoms with E-state index >= 15 is 0 Å². The van der Waals surface area contributed by atoms with Gasteiger partial charge < -0.3 is 11.1 Å². The molecule has 1 aromatic rings. The summed E-state index contributed by atoms with van der Waals surface area (Å²) in [6.07, 6.45) is 4.20. The second kappa shape index (κ2) is 7.00. The fourth-order valence-corrected chi connectivity index (χ4v) is 4.59. The van der Waals surface area contributed by atoms with E-state index in [4.69, 9.17) is 5.73 Å². The van der Waals surface area contributed by atoms with Gasteiger partial charge in [0.25, 0.3) is 0 Å². The van der Waals surface area contributed by atoms with Crippen molar-refractivity contribution in [2.45, 2.75) is 49.5 Å². The van der Waals surface area contributed by atoms with Gasteiger partial charge in [-0.2, -0.15) is 4.31 Å². The number of piperidine rings is 1. The summed E-state index contributed by atoms with van der Waals surface area (Å²) in [5.74, 6) is -0.248. The van der Waals surface area contributed by atoms with Gasteiger partial charge in [-0.25, -0.2) is 8.42 Å². The standard InChI is InChI=1S/C16H23N3O3S.ClH/c1-12-5-6-13(18-15(20)16(17)7-8-16)11-14(12)23(21,22)19-9-3-2-4-10-19;/h5-6,11H,2-4,7-10,17H2,1H3,(H,18,20);1H. The molecule has 1 heterocycles. The van der Waals surface area contributed by atoms with Gasteiger partial charge in [0.2, 0.25) is 15.9 Å². The molecule has 0 spiro atoms. The molecule has 0 aromatic heterocycles. The molecule has 8 heteroatoms. The maximum absolute atomic E-state index is 12.8. The van der Waals surface area contributed by atoms with Gasteiger partial charge in [0.1, 0.15) is 0 Å². The first-order chi connectivity index (χ1) is 10.8. The van der Waals surface area contributed by atoms with E-state index in [1.54, 1.807) is 25.1 Å². The number of benzene rings is 1. The third-order valence-corrected chi connectivity index (χ3v) is 6.66. The van der Waals surface area contributed by atoms with Crippen molar-refractivity contribution in [1.29, 1.82) is 0 Å². The number of hydrogen-bond acceptors (Lipinski definition) is 4. The fraction of sp³-hybridized carbons (Fsp3) is 0.562. The first-order valence-corrected chi connectivity index (χ1v) is 9.48. The van der Waals surface area contributed by atoms with Gasteiger partial charge in [-0.15, -0.1) is 12.4 Å². The zero-order valence-corrected chi connectivity index (χ0v) is 15.4. The Hall–Kier alpha value is -1.15. The lowest BCUT2D eigenvalue weighted by Gasteiger charge is -2.26. The molecule has 3 rings (SSSR count). The molecule has 1 aromatic carbocycles. The van der Waals surface area contributed by atoms with Crippen LogP contribution in [0.5, 0.6) is 0 Å². The monoisotopic (exact) mass is 373 g/mol. The van der Waals surface area contributed by atoms with Crippen molar-refractivity contribution in [1.82, 2.24) is 4.31 Å². The molecule has 1 aliphatic carbocycles. The van der Waals surface area contributed by atoms with E-state index in [-0.39, 0.29) is 23.2 Å². The Morgan fingerprint density at radius 3 is 2.42 bits per heavy atom. The van der Waals surface area contributed by atoms with Crippen LogP contribution in [-0.4, -0.2) is 37.3 Å². The van der Waals surface area contributed by atoms with E-state index < -0.39 is 15.6 Å². The van der Waals surface area contributed by atoms with Gasteiger partial charge in [-0.1, -0.05) is 12.5 Å². The van der Waals surface area contributed by atoms with Crippen molar-refractivity contribution in [3.8, 4) is 0 Å². The number of carbonyl (C=O) groups excluding carboxylic acids is 1. The van der Waals surface area contributed by atoms with Gasteiger partial charge in [0, 0.05) is 18.8 Å². The predicted molar refractivity (Wildman–Crippen MR) is 95.8 cm³/mol. The highest BCUT2D eigenvalue weighted by atomic mass is 35.5. The molecular weight excluding hydrogens is 350 g/mol. The van der Waals surface area contributed by atoms with Crippen molar-refractivity contribution in [3.63, 3.8) is 0 Å². The van der Waals surface area contributed by atoms with Crippen molar-refractivity contribution in [2.75, 3.05) is 18.4 Å². The minimum absolute atomic E-state index is 0. The maximum Gasteiger partial charge on any atom is 0.244 e. The van der Waals surface area contributed by atoms with Gasteiger partial charge in [-0.05, 0) is 50.3 Å². The van der Waals surface area contributed by atoms with Crippen molar-refractivity contribution in [2.24, 2.45) is 5.73 Å². The highest BCUT2D eigenvalue weighted by molar-refractivity contribution is 7.89. The Morgan fingerprint density at radius 1 is 1.21 bits per heavy atom. The van der Waals surface area contributed by atoms with Crippen molar-refractivity contribution >= 4 is 34.0 Å². The molecule has 1 aliphatic heterocycles. The summed E-state index contributed by atoms with van der Waals surface area (Å²) in [4.78, 5) is 12.3. The molecule has 0 atom stereocenters. The number of nitrogens with two attached hydrogens (primary N) is 1. The number of nitrogens with zero attached hydrogens (tertiary/aromatic N) is 1. The number of carbonyl (C=O) groups is 1. The van der Waals surface area contributed by atoms with E-state index in [9.17, 15) is 13.2 Å². The van der Waals surface area contributed by atoms with Crippen LogP contribution in [0.1, 0.15) is 37.7 Å². The zero-order chi connectivity index (χ0) is 16.7. The predicted octanol–water partition coefficient (Wildman–Crippen LogP) is 2.02. The second-order valence-corrected chi connectivity index (χ2v) is 8.46. The van der Waals surface area contributed by atoms with E-state index in [0.717, 1.165) is 19.3 Å². The molecule has 2 fully saturated rings. The van der Waals surface area contributed by atoms with Crippen LogP contribution in [-0.2, 0) is 14.8 Å². The zero-order valence-electron chi connectivity index (χ0n) is 13.7. The Balaban J connectivity index is 0.00000208. The second-order valence-electron chi connectivity index (χ2n) is 6.56. The molecule has 1 saturated carbocycles. The number of anilines is 1. The van der Waals surface area contributed by atoms with Gasteiger partial charge in [0.15, 0.2) is 0 Å². The molecule has 1 saturated heterocycles. The number of sulfonamides is 1. The van der Waals surface area contributed by atoms with Crippen LogP contribution >= 0.6 is 12.4 Å². The van der Waals surface area contributed by atoms with E-state index in [1.807, 2.05) is 0 Å². The Labute approximate surface area is 149 Å². The van der Waals surface area contributed by atoms with Crippen LogP contribution in [0.3, 0.4) is 0 Å². The molecule has 2 aliphatic rings. The summed E-state index contributed by atoms with van der Waals surface area (Å²) in [6.45, 7) is 2.89. The fourth-order valence-electron chi connectivity index (χ4n) is 2.82. The topological polar surface area (TPSA) is 92.5 Å². The lowest BCUT2D eigenvalue weighted by atomic mass is 10.2. The number of halogens is 1. The van der Waals surface area contributed by atoms with Crippen LogP contribution in [0, 0.1) is 6.92 Å². The number of rotatable bonds is 4. The minimum atomic E-state index is -3.52. The molecule has 0 bridgehead atoms. The number of nitrogens with one attached hydrogen (secondary N) is 1. The van der Waals surface area contributed by atoms with Crippen molar-refractivity contribution < 1.29 is 13.2 Å². The molecular formula is C16H24ClN3O3S. The molecule has 134 valence electrons. The highest BCUT2D eigenvalue weighted by Crippen LogP contribution is 2.34.